The summed E-state index contributed by atoms with van der Waals surface area (Å²) in [6.07, 6.45) is -4.58. The van der Waals surface area contributed by atoms with Crippen molar-refractivity contribution in [1.82, 2.24) is 4.72 Å². The van der Waals surface area contributed by atoms with Gasteiger partial charge in [-0.3, -0.25) is 0 Å². The number of sulfonamides is 1. The van der Waals surface area contributed by atoms with Crippen LogP contribution in [0.1, 0.15) is 0 Å². The summed E-state index contributed by atoms with van der Waals surface area (Å²) in [5.41, 5.74) is 0. The van der Waals surface area contributed by atoms with Crippen molar-refractivity contribution in [3.8, 4) is 5.75 Å². The molecular weight excluding hydrogens is 259 g/mol. The molecule has 1 aromatic carbocycles. The number of hydrogen-bond donors (Lipinski definition) is 1. The van der Waals surface area contributed by atoms with E-state index >= 15 is 0 Å². The molecule has 0 aromatic heterocycles. The van der Waals surface area contributed by atoms with Crippen LogP contribution < -0.4 is 9.46 Å². The molecule has 8 heteroatoms. The van der Waals surface area contributed by atoms with Gasteiger partial charge < -0.3 is 4.74 Å². The first-order valence-electron chi connectivity index (χ1n) is 4.45. The molecule has 0 heterocycles. The third-order valence-corrected chi connectivity index (χ3v) is 3.25. The van der Waals surface area contributed by atoms with Crippen LogP contribution >= 0.6 is 0 Å². The summed E-state index contributed by atoms with van der Waals surface area (Å²) < 4.78 is 64.7. The van der Waals surface area contributed by atoms with Gasteiger partial charge in [0.15, 0.2) is 0 Å². The molecule has 0 saturated heterocycles. The minimum absolute atomic E-state index is 0.248. The first-order chi connectivity index (χ1) is 7.74. The van der Waals surface area contributed by atoms with Crippen molar-refractivity contribution in [3.05, 3.63) is 24.3 Å². The summed E-state index contributed by atoms with van der Waals surface area (Å²) in [4.78, 5) is -0.248. The number of methoxy groups -OCH3 is 1. The highest BCUT2D eigenvalue weighted by molar-refractivity contribution is 7.89. The predicted molar refractivity (Wildman–Crippen MR) is 54.2 cm³/mol. The largest absolute Gasteiger partial charge is 0.497 e. The lowest BCUT2D eigenvalue weighted by Crippen LogP contribution is -2.33. The molecule has 1 rings (SSSR count). The second-order valence-electron chi connectivity index (χ2n) is 3.12. The van der Waals surface area contributed by atoms with Gasteiger partial charge in [-0.25, -0.2) is 13.1 Å². The average Bonchev–Trinajstić information content (AvgIpc) is 2.26. The Morgan fingerprint density at radius 2 is 1.76 bits per heavy atom. The second kappa shape index (κ2) is 4.92. The lowest BCUT2D eigenvalue weighted by atomic mass is 10.3. The number of hydrogen-bond acceptors (Lipinski definition) is 3. The Kier molecular flexibility index (Phi) is 3.99. The van der Waals surface area contributed by atoms with E-state index in [1.165, 1.54) is 24.0 Å². The van der Waals surface area contributed by atoms with E-state index in [1.807, 2.05) is 0 Å². The highest BCUT2D eigenvalue weighted by Crippen LogP contribution is 2.17. The van der Waals surface area contributed by atoms with Crippen molar-refractivity contribution in [2.24, 2.45) is 0 Å². The summed E-state index contributed by atoms with van der Waals surface area (Å²) in [5.74, 6) is 0.416. The van der Waals surface area contributed by atoms with Gasteiger partial charge in [0.05, 0.1) is 12.0 Å². The van der Waals surface area contributed by atoms with E-state index in [0.29, 0.717) is 5.75 Å². The van der Waals surface area contributed by atoms with Gasteiger partial charge in [-0.2, -0.15) is 13.2 Å². The maximum atomic E-state index is 11.9. The lowest BCUT2D eigenvalue weighted by molar-refractivity contribution is -0.121. The number of nitrogens with one attached hydrogen (secondary N) is 1. The fraction of sp³-hybridized carbons (Fsp3) is 0.333. The van der Waals surface area contributed by atoms with Crippen molar-refractivity contribution < 1.29 is 26.3 Å². The molecule has 0 saturated carbocycles. The third-order valence-electron chi connectivity index (χ3n) is 1.83. The summed E-state index contributed by atoms with van der Waals surface area (Å²) in [5, 5.41) is 0. The SMILES string of the molecule is COc1ccc(S(=O)(=O)NCC(F)(F)F)cc1. The van der Waals surface area contributed by atoms with Crippen LogP contribution in [-0.4, -0.2) is 28.2 Å². The molecule has 1 aromatic rings. The smallest absolute Gasteiger partial charge is 0.402 e. The van der Waals surface area contributed by atoms with E-state index < -0.39 is 22.7 Å². The summed E-state index contributed by atoms with van der Waals surface area (Å²) in [7, 11) is -2.75. The molecule has 0 radical (unpaired) electrons. The second-order valence-corrected chi connectivity index (χ2v) is 4.88. The van der Waals surface area contributed by atoms with Crippen LogP contribution in [0.3, 0.4) is 0 Å². The molecule has 0 unspecified atom stereocenters. The van der Waals surface area contributed by atoms with E-state index in [9.17, 15) is 21.6 Å². The Hall–Kier alpha value is -1.28. The van der Waals surface area contributed by atoms with E-state index in [2.05, 4.69) is 0 Å². The monoisotopic (exact) mass is 269 g/mol. The minimum atomic E-state index is -4.58. The molecule has 0 aliphatic carbocycles. The zero-order valence-electron chi connectivity index (χ0n) is 8.78. The maximum Gasteiger partial charge on any atom is 0.402 e. The number of ether oxygens (including phenoxy) is 1. The quantitative estimate of drug-likeness (QED) is 0.902. The van der Waals surface area contributed by atoms with Gasteiger partial charge in [-0.15, -0.1) is 0 Å². The van der Waals surface area contributed by atoms with Crippen LogP contribution in [0, 0.1) is 0 Å². The molecule has 0 bridgehead atoms. The van der Waals surface area contributed by atoms with Crippen molar-refractivity contribution in [1.29, 1.82) is 0 Å². The summed E-state index contributed by atoms with van der Waals surface area (Å²) >= 11 is 0. The van der Waals surface area contributed by atoms with Gasteiger partial charge in [-0.1, -0.05) is 0 Å². The Labute approximate surface area is 96.4 Å². The minimum Gasteiger partial charge on any atom is -0.497 e. The zero-order chi connectivity index (χ0) is 13.1. The summed E-state index contributed by atoms with van der Waals surface area (Å²) in [6.45, 7) is -1.60. The van der Waals surface area contributed by atoms with Gasteiger partial charge in [0, 0.05) is 0 Å². The molecule has 0 atom stereocenters. The molecule has 1 N–H and O–H groups in total. The van der Waals surface area contributed by atoms with Gasteiger partial charge in [0.1, 0.15) is 12.3 Å². The van der Waals surface area contributed by atoms with E-state index in [0.717, 1.165) is 12.1 Å². The van der Waals surface area contributed by atoms with Gasteiger partial charge >= 0.3 is 6.18 Å². The Morgan fingerprint density at radius 3 is 2.18 bits per heavy atom. The average molecular weight is 269 g/mol. The number of rotatable bonds is 4. The van der Waals surface area contributed by atoms with E-state index in [1.54, 1.807) is 0 Å². The molecule has 0 aliphatic heterocycles. The topological polar surface area (TPSA) is 55.4 Å². The Balaban J connectivity index is 2.82. The van der Waals surface area contributed by atoms with Gasteiger partial charge in [0.2, 0.25) is 10.0 Å². The van der Waals surface area contributed by atoms with Crippen molar-refractivity contribution >= 4 is 10.0 Å². The number of halogens is 3. The van der Waals surface area contributed by atoms with Crippen LogP contribution in [0.15, 0.2) is 29.2 Å². The van der Waals surface area contributed by atoms with Gasteiger partial charge in [-0.05, 0) is 24.3 Å². The fourth-order valence-electron chi connectivity index (χ4n) is 1.02. The van der Waals surface area contributed by atoms with Crippen LogP contribution in [0.4, 0.5) is 13.2 Å². The maximum absolute atomic E-state index is 11.9. The third kappa shape index (κ3) is 4.23. The predicted octanol–water partition coefficient (Wildman–Crippen LogP) is 1.54. The molecule has 0 amide bonds. The highest BCUT2D eigenvalue weighted by Gasteiger charge is 2.29. The van der Waals surface area contributed by atoms with Crippen molar-refractivity contribution in [2.45, 2.75) is 11.1 Å². The molecule has 17 heavy (non-hydrogen) atoms. The highest BCUT2D eigenvalue weighted by atomic mass is 32.2. The molecule has 0 spiro atoms. The zero-order valence-corrected chi connectivity index (χ0v) is 9.60. The van der Waals surface area contributed by atoms with Crippen molar-refractivity contribution in [3.63, 3.8) is 0 Å². The fourth-order valence-corrected chi connectivity index (χ4v) is 2.03. The first kappa shape index (κ1) is 13.8. The van der Waals surface area contributed by atoms with Crippen LogP contribution in [0.2, 0.25) is 0 Å². The summed E-state index contributed by atoms with van der Waals surface area (Å²) in [6, 6.07) is 5.03. The van der Waals surface area contributed by atoms with E-state index in [-0.39, 0.29) is 4.90 Å². The normalized spacial score (nSPS) is 12.5. The van der Waals surface area contributed by atoms with Crippen molar-refractivity contribution in [2.75, 3.05) is 13.7 Å². The molecular formula is C9H10F3NO3S. The van der Waals surface area contributed by atoms with Crippen LogP contribution in [-0.2, 0) is 10.0 Å². The van der Waals surface area contributed by atoms with Crippen LogP contribution in [0.5, 0.6) is 5.75 Å². The van der Waals surface area contributed by atoms with Crippen LogP contribution in [0.25, 0.3) is 0 Å². The van der Waals surface area contributed by atoms with Gasteiger partial charge in [0.25, 0.3) is 0 Å². The number of benzene rings is 1. The molecule has 4 nitrogen and oxygen atoms in total. The molecule has 0 aliphatic rings. The number of alkyl halides is 3. The standard InChI is InChI=1S/C9H10F3NO3S/c1-16-7-2-4-8(5-3-7)17(14,15)13-6-9(10,11)12/h2-5,13H,6H2,1H3. The van der Waals surface area contributed by atoms with E-state index in [4.69, 9.17) is 4.74 Å². The Morgan fingerprint density at radius 1 is 1.24 bits per heavy atom. The molecule has 0 fully saturated rings. The first-order valence-corrected chi connectivity index (χ1v) is 5.93. The lowest BCUT2D eigenvalue weighted by Gasteiger charge is -2.09. The Bertz CT molecular complexity index is 467. The molecule has 96 valence electrons.